The molecule has 0 aromatic heterocycles. The summed E-state index contributed by atoms with van der Waals surface area (Å²) in [5.74, 6) is 1.67. The second kappa shape index (κ2) is 10.3. The van der Waals surface area contributed by atoms with Crippen LogP contribution in [0.2, 0.25) is 0 Å². The molecule has 0 unspecified atom stereocenters. The van der Waals surface area contributed by atoms with Crippen molar-refractivity contribution in [3.8, 4) is 11.5 Å². The molecule has 170 valence electrons. The molecule has 2 aliphatic rings. The van der Waals surface area contributed by atoms with Crippen LogP contribution in [0.4, 0.5) is 5.69 Å². The predicted octanol–water partition coefficient (Wildman–Crippen LogP) is 4.32. The lowest BCUT2D eigenvalue weighted by atomic mass is 10.1. The van der Waals surface area contributed by atoms with Crippen LogP contribution in [-0.4, -0.2) is 55.2 Å². The van der Waals surface area contributed by atoms with E-state index in [1.165, 1.54) is 5.56 Å². The van der Waals surface area contributed by atoms with Gasteiger partial charge in [0, 0.05) is 42.5 Å². The van der Waals surface area contributed by atoms with Gasteiger partial charge in [-0.25, -0.2) is 0 Å². The molecule has 1 amide bonds. The zero-order valence-corrected chi connectivity index (χ0v) is 19.2. The van der Waals surface area contributed by atoms with Crippen molar-refractivity contribution in [3.05, 3.63) is 78.4 Å². The van der Waals surface area contributed by atoms with Crippen LogP contribution >= 0.6 is 11.8 Å². The number of carbonyl (C=O) groups excluding carboxylic acids is 1. The Kier molecular flexibility index (Phi) is 6.81. The monoisotopic (exact) mass is 461 g/mol. The Morgan fingerprint density at radius 3 is 2.42 bits per heavy atom. The van der Waals surface area contributed by atoms with Crippen LogP contribution in [0.3, 0.4) is 0 Å². The van der Waals surface area contributed by atoms with Crippen LogP contribution in [-0.2, 0) is 11.3 Å². The maximum Gasteiger partial charge on any atom is 0.238 e. The van der Waals surface area contributed by atoms with Crippen LogP contribution in [0.5, 0.6) is 11.5 Å². The zero-order chi connectivity index (χ0) is 22.5. The van der Waals surface area contributed by atoms with E-state index in [2.05, 4.69) is 39.4 Å². The molecule has 0 radical (unpaired) electrons. The summed E-state index contributed by atoms with van der Waals surface area (Å²) in [7, 11) is 0. The smallest absolute Gasteiger partial charge is 0.238 e. The van der Waals surface area contributed by atoms with Crippen LogP contribution in [0.25, 0.3) is 0 Å². The van der Waals surface area contributed by atoms with Gasteiger partial charge in [0.2, 0.25) is 12.7 Å². The summed E-state index contributed by atoms with van der Waals surface area (Å²) in [6.45, 7) is 5.19. The first-order chi connectivity index (χ1) is 16.2. The molecule has 0 aliphatic carbocycles. The number of hydrogen-bond donors (Lipinski definition) is 1. The molecule has 5 rings (SSSR count). The van der Waals surface area contributed by atoms with E-state index < -0.39 is 0 Å². The second-order valence-corrected chi connectivity index (χ2v) is 9.31. The van der Waals surface area contributed by atoms with Gasteiger partial charge in [-0.05, 0) is 42.0 Å². The molecule has 6 nitrogen and oxygen atoms in total. The molecule has 33 heavy (non-hydrogen) atoms. The highest BCUT2D eigenvalue weighted by Gasteiger charge is 2.21. The highest BCUT2D eigenvalue weighted by Crippen LogP contribution is 2.34. The van der Waals surface area contributed by atoms with Crippen LogP contribution in [0, 0.1) is 0 Å². The lowest BCUT2D eigenvalue weighted by Gasteiger charge is -2.34. The maximum atomic E-state index is 12.8. The van der Waals surface area contributed by atoms with Gasteiger partial charge in [-0.3, -0.25) is 14.6 Å². The molecule has 1 fully saturated rings. The fraction of sp³-hybridized carbons (Fsp3) is 0.269. The van der Waals surface area contributed by atoms with Gasteiger partial charge in [-0.2, -0.15) is 0 Å². The Morgan fingerprint density at radius 1 is 0.848 bits per heavy atom. The van der Waals surface area contributed by atoms with Gasteiger partial charge < -0.3 is 14.8 Å². The van der Waals surface area contributed by atoms with Crippen LogP contribution in [0.1, 0.15) is 5.56 Å². The van der Waals surface area contributed by atoms with Crippen LogP contribution < -0.4 is 14.8 Å². The molecular weight excluding hydrogens is 434 g/mol. The number of benzene rings is 3. The lowest BCUT2D eigenvalue weighted by molar-refractivity contribution is -0.117. The maximum absolute atomic E-state index is 12.8. The van der Waals surface area contributed by atoms with Gasteiger partial charge in [-0.1, -0.05) is 48.2 Å². The van der Waals surface area contributed by atoms with Crippen LogP contribution in [0.15, 0.2) is 82.6 Å². The van der Waals surface area contributed by atoms with Crippen molar-refractivity contribution in [2.24, 2.45) is 0 Å². The summed E-state index contributed by atoms with van der Waals surface area (Å²) in [6, 6.07) is 24.3. The minimum absolute atomic E-state index is 0.0281. The van der Waals surface area contributed by atoms with Crippen molar-refractivity contribution in [1.82, 2.24) is 9.80 Å². The van der Waals surface area contributed by atoms with E-state index in [1.54, 1.807) is 11.8 Å². The highest BCUT2D eigenvalue weighted by molar-refractivity contribution is 7.99. The summed E-state index contributed by atoms with van der Waals surface area (Å²) in [6.07, 6.45) is 0. The number of carbonyl (C=O) groups is 1. The molecule has 1 N–H and O–H groups in total. The van der Waals surface area contributed by atoms with Crippen molar-refractivity contribution >= 4 is 23.4 Å². The number of nitrogens with one attached hydrogen (secondary N) is 1. The number of piperazine rings is 1. The fourth-order valence-electron chi connectivity index (χ4n) is 4.07. The third kappa shape index (κ3) is 5.68. The molecule has 3 aromatic carbocycles. The lowest BCUT2D eigenvalue weighted by Crippen LogP contribution is -2.48. The first-order valence-electron chi connectivity index (χ1n) is 11.2. The van der Waals surface area contributed by atoms with Gasteiger partial charge in [0.05, 0.1) is 12.2 Å². The molecule has 1 saturated heterocycles. The number of rotatable bonds is 7. The second-order valence-electron chi connectivity index (χ2n) is 8.20. The number of fused-ring (bicyclic) bond motifs is 1. The summed E-state index contributed by atoms with van der Waals surface area (Å²) < 4.78 is 10.9. The van der Waals surface area contributed by atoms with E-state index in [4.69, 9.17) is 9.47 Å². The third-order valence-electron chi connectivity index (χ3n) is 5.81. The first-order valence-corrected chi connectivity index (χ1v) is 12.0. The van der Waals surface area contributed by atoms with E-state index >= 15 is 0 Å². The van der Waals surface area contributed by atoms with Gasteiger partial charge >= 0.3 is 0 Å². The quantitative estimate of drug-likeness (QED) is 0.566. The van der Waals surface area contributed by atoms with Crippen molar-refractivity contribution < 1.29 is 14.3 Å². The Balaban J connectivity index is 1.11. The molecule has 0 spiro atoms. The molecule has 2 aliphatic heterocycles. The third-order valence-corrected chi connectivity index (χ3v) is 6.89. The minimum Gasteiger partial charge on any atom is -0.454 e. The molecule has 7 heteroatoms. The minimum atomic E-state index is 0.0281. The van der Waals surface area contributed by atoms with Gasteiger partial charge in [0.1, 0.15) is 0 Å². The molecule has 0 bridgehead atoms. The number of anilines is 1. The summed E-state index contributed by atoms with van der Waals surface area (Å²) in [5.41, 5.74) is 2.08. The van der Waals surface area contributed by atoms with Gasteiger partial charge in [0.15, 0.2) is 11.5 Å². The number of para-hydroxylation sites is 1. The van der Waals surface area contributed by atoms with Gasteiger partial charge in [0.25, 0.3) is 0 Å². The topological polar surface area (TPSA) is 54.0 Å². The van der Waals surface area contributed by atoms with Crippen molar-refractivity contribution in [2.75, 3.05) is 44.8 Å². The Bertz CT molecular complexity index is 1100. The SMILES string of the molecule is O=C(CN1CCN(Cc2ccc3c(c2)OCO3)CC1)Nc1ccccc1Sc1ccccc1. The number of nitrogens with zero attached hydrogens (tertiary/aromatic N) is 2. The molecule has 0 saturated carbocycles. The Hall–Kier alpha value is -3.00. The van der Waals surface area contributed by atoms with E-state index in [1.807, 2.05) is 48.5 Å². The van der Waals surface area contributed by atoms with Gasteiger partial charge in [-0.15, -0.1) is 0 Å². The van der Waals surface area contributed by atoms with Crippen molar-refractivity contribution in [1.29, 1.82) is 0 Å². The Morgan fingerprint density at radius 2 is 1.58 bits per heavy atom. The highest BCUT2D eigenvalue weighted by atomic mass is 32.2. The number of amides is 1. The largest absolute Gasteiger partial charge is 0.454 e. The first kappa shape index (κ1) is 21.8. The average Bonchev–Trinajstić information content (AvgIpc) is 3.30. The van der Waals surface area contributed by atoms with E-state index in [9.17, 15) is 4.79 Å². The normalized spacial score (nSPS) is 16.0. The molecule has 0 atom stereocenters. The summed E-state index contributed by atoms with van der Waals surface area (Å²) in [5, 5.41) is 3.11. The predicted molar refractivity (Wildman–Crippen MR) is 130 cm³/mol. The standard InChI is InChI=1S/C26H27N3O3S/c30-26(27-22-8-4-5-9-25(22)33-21-6-2-1-3-7-21)18-29-14-12-28(13-15-29)17-20-10-11-23-24(16-20)32-19-31-23/h1-11,16H,12-15,17-19H2,(H,27,30). The Labute approximate surface area is 198 Å². The number of ether oxygens (including phenoxy) is 2. The number of hydrogen-bond acceptors (Lipinski definition) is 6. The summed E-state index contributed by atoms with van der Waals surface area (Å²) >= 11 is 1.66. The van der Waals surface area contributed by atoms with Crippen molar-refractivity contribution in [2.45, 2.75) is 16.3 Å². The zero-order valence-electron chi connectivity index (χ0n) is 18.4. The van der Waals surface area contributed by atoms with E-state index in [0.717, 1.165) is 59.7 Å². The fourth-order valence-corrected chi connectivity index (χ4v) is 4.99. The average molecular weight is 462 g/mol. The van der Waals surface area contributed by atoms with E-state index in [0.29, 0.717) is 13.3 Å². The van der Waals surface area contributed by atoms with Crippen molar-refractivity contribution in [3.63, 3.8) is 0 Å². The van der Waals surface area contributed by atoms with E-state index in [-0.39, 0.29) is 5.91 Å². The summed E-state index contributed by atoms with van der Waals surface area (Å²) in [4.78, 5) is 19.6. The molecular formula is C26H27N3O3S. The molecule has 3 aromatic rings. The molecule has 2 heterocycles.